The second kappa shape index (κ2) is 6.39. The highest BCUT2D eigenvalue weighted by molar-refractivity contribution is 6.30. The summed E-state index contributed by atoms with van der Waals surface area (Å²) in [4.78, 5) is 11.7. The Morgan fingerprint density at radius 1 is 1.35 bits per heavy atom. The number of amides is 1. The Labute approximate surface area is 122 Å². The molecule has 0 saturated carbocycles. The van der Waals surface area contributed by atoms with Crippen molar-refractivity contribution in [3.63, 3.8) is 0 Å². The summed E-state index contributed by atoms with van der Waals surface area (Å²) >= 11 is 5.80. The smallest absolute Gasteiger partial charge is 0.244 e. The maximum Gasteiger partial charge on any atom is 0.244 e. The molecule has 1 amide bonds. The van der Waals surface area contributed by atoms with E-state index in [-0.39, 0.29) is 5.91 Å². The molecule has 0 saturated heterocycles. The van der Waals surface area contributed by atoms with Gasteiger partial charge in [0.05, 0.1) is 5.69 Å². The van der Waals surface area contributed by atoms with Crippen molar-refractivity contribution < 1.29 is 4.79 Å². The van der Waals surface area contributed by atoms with Crippen molar-refractivity contribution in [2.45, 2.75) is 20.4 Å². The van der Waals surface area contributed by atoms with Crippen molar-refractivity contribution in [2.75, 3.05) is 0 Å². The Bertz CT molecular complexity index is 610. The van der Waals surface area contributed by atoms with Gasteiger partial charge in [-0.2, -0.15) is 5.10 Å². The molecule has 5 heteroatoms. The summed E-state index contributed by atoms with van der Waals surface area (Å²) in [6.07, 6.45) is 3.26. The first-order chi connectivity index (χ1) is 9.56. The number of hydrogen-bond donors (Lipinski definition) is 2. The molecule has 2 N–H and O–H groups in total. The van der Waals surface area contributed by atoms with E-state index in [4.69, 9.17) is 11.6 Å². The van der Waals surface area contributed by atoms with Gasteiger partial charge in [0.25, 0.3) is 0 Å². The second-order valence-corrected chi connectivity index (χ2v) is 4.95. The summed E-state index contributed by atoms with van der Waals surface area (Å²) in [5.74, 6) is -0.139. The van der Waals surface area contributed by atoms with Gasteiger partial charge in [-0.3, -0.25) is 9.89 Å². The van der Waals surface area contributed by atoms with E-state index < -0.39 is 0 Å². The summed E-state index contributed by atoms with van der Waals surface area (Å²) in [6, 6.07) is 7.29. The minimum Gasteiger partial charge on any atom is -0.348 e. The fourth-order valence-corrected chi connectivity index (χ4v) is 1.94. The number of rotatable bonds is 4. The lowest BCUT2D eigenvalue weighted by molar-refractivity contribution is -0.116. The Hall–Kier alpha value is -2.07. The molecule has 0 atom stereocenters. The van der Waals surface area contributed by atoms with Crippen LogP contribution in [0.4, 0.5) is 0 Å². The van der Waals surface area contributed by atoms with Crippen LogP contribution in [0.15, 0.2) is 30.3 Å². The van der Waals surface area contributed by atoms with Crippen LogP contribution >= 0.6 is 11.6 Å². The third-order valence-corrected chi connectivity index (χ3v) is 3.27. The molecule has 2 aromatic rings. The fraction of sp³-hybridized carbons (Fsp3) is 0.200. The number of H-pyrrole nitrogens is 1. The van der Waals surface area contributed by atoms with Crippen LogP contribution < -0.4 is 5.32 Å². The molecule has 20 heavy (non-hydrogen) atoms. The predicted molar refractivity (Wildman–Crippen MR) is 80.4 cm³/mol. The van der Waals surface area contributed by atoms with E-state index in [0.717, 1.165) is 22.5 Å². The van der Waals surface area contributed by atoms with Crippen molar-refractivity contribution in [3.05, 3.63) is 57.9 Å². The third kappa shape index (κ3) is 3.71. The van der Waals surface area contributed by atoms with Crippen LogP contribution in [0.5, 0.6) is 0 Å². The van der Waals surface area contributed by atoms with Crippen molar-refractivity contribution in [1.29, 1.82) is 0 Å². The van der Waals surface area contributed by atoms with Crippen molar-refractivity contribution >= 4 is 23.6 Å². The number of nitrogens with one attached hydrogen (secondary N) is 2. The van der Waals surface area contributed by atoms with E-state index in [0.29, 0.717) is 11.6 Å². The summed E-state index contributed by atoms with van der Waals surface area (Å²) in [5.41, 5.74) is 3.84. The largest absolute Gasteiger partial charge is 0.348 e. The van der Waals surface area contributed by atoms with Crippen molar-refractivity contribution in [2.24, 2.45) is 0 Å². The quantitative estimate of drug-likeness (QED) is 0.850. The van der Waals surface area contributed by atoms with E-state index in [9.17, 15) is 4.79 Å². The lowest BCUT2D eigenvalue weighted by Crippen LogP contribution is -2.20. The lowest BCUT2D eigenvalue weighted by atomic mass is 10.2. The standard InChI is InChI=1S/C15H16ClN3O/c1-10-14(11(2)19-18-10)9-17-15(20)8-5-12-3-6-13(16)7-4-12/h3-8H,9H2,1-2H3,(H,17,20)(H,18,19)/b8-5+. The van der Waals surface area contributed by atoms with Crippen LogP contribution in [0, 0.1) is 13.8 Å². The molecule has 1 heterocycles. The Morgan fingerprint density at radius 2 is 2.05 bits per heavy atom. The average molecular weight is 290 g/mol. The number of benzene rings is 1. The Morgan fingerprint density at radius 3 is 2.65 bits per heavy atom. The van der Waals surface area contributed by atoms with Gasteiger partial charge in [0.2, 0.25) is 5.91 Å². The first-order valence-electron chi connectivity index (χ1n) is 6.28. The zero-order chi connectivity index (χ0) is 14.5. The van der Waals surface area contributed by atoms with Crippen LogP contribution in [-0.2, 0) is 11.3 Å². The van der Waals surface area contributed by atoms with Gasteiger partial charge in [-0.1, -0.05) is 23.7 Å². The van der Waals surface area contributed by atoms with Gasteiger partial charge in [0.15, 0.2) is 0 Å². The number of nitrogens with zero attached hydrogens (tertiary/aromatic N) is 1. The monoisotopic (exact) mass is 289 g/mol. The highest BCUT2D eigenvalue weighted by Crippen LogP contribution is 2.11. The lowest BCUT2D eigenvalue weighted by Gasteiger charge is -2.02. The Kier molecular flexibility index (Phi) is 4.58. The van der Waals surface area contributed by atoms with Gasteiger partial charge in [-0.15, -0.1) is 0 Å². The molecule has 104 valence electrons. The van der Waals surface area contributed by atoms with Crippen molar-refractivity contribution in [3.8, 4) is 0 Å². The molecular weight excluding hydrogens is 274 g/mol. The molecule has 1 aromatic carbocycles. The fourth-order valence-electron chi connectivity index (χ4n) is 1.81. The summed E-state index contributed by atoms with van der Waals surface area (Å²) < 4.78 is 0. The van der Waals surface area contributed by atoms with Gasteiger partial charge >= 0.3 is 0 Å². The molecule has 1 aromatic heterocycles. The number of aromatic amines is 1. The minimum atomic E-state index is -0.139. The highest BCUT2D eigenvalue weighted by Gasteiger charge is 2.06. The first-order valence-corrected chi connectivity index (χ1v) is 6.66. The number of carbonyl (C=O) groups is 1. The van der Waals surface area contributed by atoms with E-state index in [2.05, 4.69) is 15.5 Å². The maximum atomic E-state index is 11.7. The zero-order valence-electron chi connectivity index (χ0n) is 11.4. The van der Waals surface area contributed by atoms with Crippen LogP contribution in [0.2, 0.25) is 5.02 Å². The molecule has 0 aliphatic rings. The SMILES string of the molecule is Cc1n[nH]c(C)c1CNC(=O)/C=C/c1ccc(Cl)cc1. The molecule has 0 bridgehead atoms. The number of aromatic nitrogens is 2. The second-order valence-electron chi connectivity index (χ2n) is 4.52. The number of hydrogen-bond acceptors (Lipinski definition) is 2. The van der Waals surface area contributed by atoms with E-state index >= 15 is 0 Å². The first kappa shape index (κ1) is 14.3. The van der Waals surface area contributed by atoms with E-state index in [1.54, 1.807) is 18.2 Å². The predicted octanol–water partition coefficient (Wildman–Crippen LogP) is 3.01. The van der Waals surface area contributed by atoms with Gasteiger partial charge in [-0.25, -0.2) is 0 Å². The molecule has 0 unspecified atom stereocenters. The summed E-state index contributed by atoms with van der Waals surface area (Å²) in [5, 5.41) is 10.5. The van der Waals surface area contributed by atoms with Crippen molar-refractivity contribution in [1.82, 2.24) is 15.5 Å². The van der Waals surface area contributed by atoms with Crippen LogP contribution in [0.3, 0.4) is 0 Å². The molecule has 2 rings (SSSR count). The Balaban J connectivity index is 1.91. The molecule has 0 aliphatic carbocycles. The number of aryl methyl sites for hydroxylation is 2. The molecule has 0 spiro atoms. The van der Waals surface area contributed by atoms with Gasteiger partial charge in [-0.05, 0) is 37.6 Å². The van der Waals surface area contributed by atoms with E-state index in [1.165, 1.54) is 6.08 Å². The third-order valence-electron chi connectivity index (χ3n) is 3.02. The molecule has 4 nitrogen and oxygen atoms in total. The normalized spacial score (nSPS) is 10.9. The minimum absolute atomic E-state index is 0.139. The highest BCUT2D eigenvalue weighted by atomic mass is 35.5. The van der Waals surface area contributed by atoms with Crippen LogP contribution in [-0.4, -0.2) is 16.1 Å². The van der Waals surface area contributed by atoms with Gasteiger partial charge < -0.3 is 5.32 Å². The average Bonchev–Trinajstić information content (AvgIpc) is 2.75. The summed E-state index contributed by atoms with van der Waals surface area (Å²) in [7, 11) is 0. The van der Waals surface area contributed by atoms with Crippen LogP contribution in [0.25, 0.3) is 6.08 Å². The summed E-state index contributed by atoms with van der Waals surface area (Å²) in [6.45, 7) is 4.32. The molecule has 0 fully saturated rings. The molecular formula is C15H16ClN3O. The zero-order valence-corrected chi connectivity index (χ0v) is 12.2. The topological polar surface area (TPSA) is 57.8 Å². The van der Waals surface area contributed by atoms with Crippen LogP contribution in [0.1, 0.15) is 22.5 Å². The van der Waals surface area contributed by atoms with E-state index in [1.807, 2.05) is 26.0 Å². The number of carbonyl (C=O) groups excluding carboxylic acids is 1. The van der Waals surface area contributed by atoms with Gasteiger partial charge in [0, 0.05) is 28.9 Å². The van der Waals surface area contributed by atoms with Gasteiger partial charge in [0.1, 0.15) is 0 Å². The molecule has 0 radical (unpaired) electrons. The maximum absolute atomic E-state index is 11.7. The molecule has 0 aliphatic heterocycles. The number of halogens is 1.